The van der Waals surface area contributed by atoms with Gasteiger partial charge in [-0.3, -0.25) is 15.1 Å². The predicted octanol–water partition coefficient (Wildman–Crippen LogP) is 3.04. The highest BCUT2D eigenvalue weighted by Crippen LogP contribution is 2.25. The Bertz CT molecular complexity index is 929. The first-order valence-corrected chi connectivity index (χ1v) is 10.7. The van der Waals surface area contributed by atoms with Gasteiger partial charge in [-0.2, -0.15) is 0 Å². The zero-order chi connectivity index (χ0) is 21.5. The van der Waals surface area contributed by atoms with Gasteiger partial charge in [0.05, 0.1) is 7.11 Å². The van der Waals surface area contributed by atoms with Crippen LogP contribution in [0, 0.1) is 11.7 Å². The Labute approximate surface area is 184 Å². The van der Waals surface area contributed by atoms with Gasteiger partial charge < -0.3 is 15.8 Å². The van der Waals surface area contributed by atoms with Crippen molar-refractivity contribution < 1.29 is 13.9 Å². The van der Waals surface area contributed by atoms with E-state index in [-0.39, 0.29) is 11.5 Å². The summed E-state index contributed by atoms with van der Waals surface area (Å²) < 4.78 is 20.9. The highest BCUT2D eigenvalue weighted by molar-refractivity contribution is 9.10. The molecule has 160 valence electrons. The van der Waals surface area contributed by atoms with Gasteiger partial charge in [0, 0.05) is 22.1 Å². The van der Waals surface area contributed by atoms with Crippen molar-refractivity contribution in [3.05, 3.63) is 63.4 Å². The molecular formula is C22H26BrFN4O2. The number of methoxy groups -OCH3 is 1. The largest absolute Gasteiger partial charge is 0.496 e. The molecule has 1 unspecified atom stereocenters. The van der Waals surface area contributed by atoms with Crippen LogP contribution in [0.4, 0.5) is 4.39 Å². The molecule has 1 saturated heterocycles. The molecule has 1 heterocycles. The van der Waals surface area contributed by atoms with E-state index in [2.05, 4.69) is 31.6 Å². The van der Waals surface area contributed by atoms with E-state index in [1.54, 1.807) is 13.2 Å². The number of halogens is 2. The highest BCUT2D eigenvalue weighted by Gasteiger charge is 2.18. The standard InChI is InChI=1S/C22H26BrFN4O2/c1-30-20-8-6-16(23)11-15(20)5-7-17-18(3-2-4-19(17)24)21(29)28-22(25)27-13-14-9-10-26-12-14/h2-4,6,8,11,14,26H,5,7,9-10,12-13H2,1H3,(H3,25,27,28,29). The molecule has 1 aliphatic heterocycles. The van der Waals surface area contributed by atoms with E-state index in [1.807, 2.05) is 18.2 Å². The number of nitrogens with zero attached hydrogens (tertiary/aromatic N) is 1. The molecule has 3 rings (SSSR count). The van der Waals surface area contributed by atoms with Gasteiger partial charge in [0.2, 0.25) is 0 Å². The molecule has 0 spiro atoms. The lowest BCUT2D eigenvalue weighted by atomic mass is 9.98. The van der Waals surface area contributed by atoms with Crippen LogP contribution in [0.25, 0.3) is 0 Å². The summed E-state index contributed by atoms with van der Waals surface area (Å²) in [5.74, 6) is 0.306. The molecule has 1 aliphatic rings. The number of ether oxygens (including phenoxy) is 1. The number of benzene rings is 2. The van der Waals surface area contributed by atoms with Gasteiger partial charge in [-0.25, -0.2) is 4.39 Å². The number of rotatable bonds is 7. The molecule has 0 radical (unpaired) electrons. The Morgan fingerprint density at radius 1 is 1.37 bits per heavy atom. The average molecular weight is 477 g/mol. The summed E-state index contributed by atoms with van der Waals surface area (Å²) in [5, 5.41) is 5.85. The van der Waals surface area contributed by atoms with Gasteiger partial charge in [0.25, 0.3) is 5.91 Å². The number of carbonyl (C=O) groups is 1. The lowest BCUT2D eigenvalue weighted by Gasteiger charge is -2.13. The number of hydrogen-bond donors (Lipinski definition) is 3. The first-order valence-electron chi connectivity index (χ1n) is 9.89. The molecule has 30 heavy (non-hydrogen) atoms. The molecule has 0 saturated carbocycles. The van der Waals surface area contributed by atoms with E-state index >= 15 is 0 Å². The fourth-order valence-corrected chi connectivity index (χ4v) is 3.96. The summed E-state index contributed by atoms with van der Waals surface area (Å²) in [6.45, 7) is 2.43. The van der Waals surface area contributed by atoms with Crippen molar-refractivity contribution in [2.75, 3.05) is 26.7 Å². The zero-order valence-electron chi connectivity index (χ0n) is 16.9. The minimum absolute atomic E-state index is 0.0516. The second-order valence-electron chi connectivity index (χ2n) is 7.26. The SMILES string of the molecule is COc1ccc(Br)cc1CCc1c(F)cccc1C(=O)NC(N)=NCC1CCNC1. The van der Waals surface area contributed by atoms with Gasteiger partial charge in [0.1, 0.15) is 11.6 Å². The van der Waals surface area contributed by atoms with Crippen LogP contribution in [0.15, 0.2) is 45.9 Å². The molecule has 1 fully saturated rings. The van der Waals surface area contributed by atoms with E-state index in [9.17, 15) is 9.18 Å². The van der Waals surface area contributed by atoms with Crippen molar-refractivity contribution in [3.63, 3.8) is 0 Å². The van der Waals surface area contributed by atoms with Crippen molar-refractivity contribution in [1.82, 2.24) is 10.6 Å². The number of nitrogens with two attached hydrogens (primary N) is 1. The third kappa shape index (κ3) is 5.79. The Morgan fingerprint density at radius 2 is 2.20 bits per heavy atom. The summed E-state index contributed by atoms with van der Waals surface area (Å²) in [6, 6.07) is 10.1. The number of amides is 1. The molecule has 0 aromatic heterocycles. The van der Waals surface area contributed by atoms with Crippen molar-refractivity contribution in [3.8, 4) is 5.75 Å². The molecule has 1 atom stereocenters. The summed E-state index contributed by atoms with van der Waals surface area (Å²) in [5.41, 5.74) is 7.40. The van der Waals surface area contributed by atoms with Crippen molar-refractivity contribution in [2.45, 2.75) is 19.3 Å². The molecule has 4 N–H and O–H groups in total. The van der Waals surface area contributed by atoms with Gasteiger partial charge in [0.15, 0.2) is 5.96 Å². The molecule has 2 aromatic carbocycles. The minimum atomic E-state index is -0.462. The lowest BCUT2D eigenvalue weighted by molar-refractivity contribution is 0.0975. The fourth-order valence-electron chi connectivity index (χ4n) is 3.55. The van der Waals surface area contributed by atoms with Gasteiger partial charge in [-0.1, -0.05) is 22.0 Å². The molecule has 8 heteroatoms. The Morgan fingerprint density at radius 3 is 2.93 bits per heavy atom. The van der Waals surface area contributed by atoms with Gasteiger partial charge in [-0.05, 0) is 74.2 Å². The number of carbonyl (C=O) groups excluding carboxylic acids is 1. The van der Waals surface area contributed by atoms with E-state index in [4.69, 9.17) is 10.5 Å². The highest BCUT2D eigenvalue weighted by atomic mass is 79.9. The van der Waals surface area contributed by atoms with Crippen LogP contribution in [0.1, 0.15) is 27.9 Å². The number of aliphatic imine (C=N–C) groups is 1. The number of guanidine groups is 1. The average Bonchev–Trinajstić information content (AvgIpc) is 3.25. The smallest absolute Gasteiger partial charge is 0.258 e. The predicted molar refractivity (Wildman–Crippen MR) is 119 cm³/mol. The van der Waals surface area contributed by atoms with E-state index in [1.165, 1.54) is 12.1 Å². The summed E-state index contributed by atoms with van der Waals surface area (Å²) in [6.07, 6.45) is 1.90. The first-order chi connectivity index (χ1) is 14.5. The van der Waals surface area contributed by atoms with Crippen LogP contribution in [0.5, 0.6) is 5.75 Å². The van der Waals surface area contributed by atoms with Crippen LogP contribution < -0.4 is 21.1 Å². The maximum absolute atomic E-state index is 14.6. The third-order valence-electron chi connectivity index (χ3n) is 5.17. The molecule has 2 aromatic rings. The van der Waals surface area contributed by atoms with Gasteiger partial charge in [-0.15, -0.1) is 0 Å². The van der Waals surface area contributed by atoms with Gasteiger partial charge >= 0.3 is 0 Å². The minimum Gasteiger partial charge on any atom is -0.496 e. The second-order valence-corrected chi connectivity index (χ2v) is 8.18. The fraction of sp³-hybridized carbons (Fsp3) is 0.364. The molecular weight excluding hydrogens is 451 g/mol. The normalized spacial score (nSPS) is 16.5. The van der Waals surface area contributed by atoms with E-state index < -0.39 is 11.7 Å². The lowest BCUT2D eigenvalue weighted by Crippen LogP contribution is -2.38. The van der Waals surface area contributed by atoms with Crippen LogP contribution in [0.2, 0.25) is 0 Å². The summed E-state index contributed by atoms with van der Waals surface area (Å²) >= 11 is 3.45. The van der Waals surface area contributed by atoms with Crippen molar-refractivity contribution >= 4 is 27.8 Å². The molecule has 0 aliphatic carbocycles. The summed E-state index contributed by atoms with van der Waals surface area (Å²) in [4.78, 5) is 17.0. The number of aryl methyl sites for hydroxylation is 1. The number of hydrogen-bond acceptors (Lipinski definition) is 4. The maximum atomic E-state index is 14.6. The molecule has 1 amide bonds. The summed E-state index contributed by atoms with van der Waals surface area (Å²) in [7, 11) is 1.60. The van der Waals surface area contributed by atoms with Crippen LogP contribution >= 0.6 is 15.9 Å². The van der Waals surface area contributed by atoms with Crippen molar-refractivity contribution in [1.29, 1.82) is 0 Å². The van der Waals surface area contributed by atoms with E-state index in [0.29, 0.717) is 30.9 Å². The second kappa shape index (κ2) is 10.5. The quantitative estimate of drug-likeness (QED) is 0.423. The molecule has 6 nitrogen and oxygen atoms in total. The van der Waals surface area contributed by atoms with Crippen LogP contribution in [0.3, 0.4) is 0 Å². The van der Waals surface area contributed by atoms with Crippen molar-refractivity contribution in [2.24, 2.45) is 16.6 Å². The monoisotopic (exact) mass is 476 g/mol. The Balaban J connectivity index is 1.71. The number of nitrogens with one attached hydrogen (secondary N) is 2. The maximum Gasteiger partial charge on any atom is 0.258 e. The molecule has 0 bridgehead atoms. The Hall–Kier alpha value is -2.45. The third-order valence-corrected chi connectivity index (χ3v) is 5.67. The Kier molecular flexibility index (Phi) is 7.81. The van der Waals surface area contributed by atoms with Crippen LogP contribution in [-0.4, -0.2) is 38.6 Å². The van der Waals surface area contributed by atoms with E-state index in [0.717, 1.165) is 35.3 Å². The first kappa shape index (κ1) is 22.2. The van der Waals surface area contributed by atoms with Crippen LogP contribution in [-0.2, 0) is 12.8 Å². The topological polar surface area (TPSA) is 88.7 Å². The zero-order valence-corrected chi connectivity index (χ0v) is 18.5.